The van der Waals surface area contributed by atoms with Crippen LogP contribution in [0.1, 0.15) is 19.8 Å². The predicted molar refractivity (Wildman–Crippen MR) is 79.5 cm³/mol. The fourth-order valence-electron chi connectivity index (χ4n) is 2.41. The number of hydrogen-bond acceptors (Lipinski definition) is 3. The molecule has 2 rings (SSSR count). The maximum absolute atomic E-state index is 11.4. The molecule has 1 saturated heterocycles. The first-order valence-electron chi connectivity index (χ1n) is 6.76. The van der Waals surface area contributed by atoms with E-state index in [2.05, 4.69) is 20.8 Å². The number of halogens is 1. The Balaban J connectivity index is 1.73. The van der Waals surface area contributed by atoms with E-state index in [1.807, 2.05) is 24.3 Å². The van der Waals surface area contributed by atoms with E-state index in [9.17, 15) is 4.79 Å². The van der Waals surface area contributed by atoms with Gasteiger partial charge in [-0.15, -0.1) is 0 Å². The molecule has 19 heavy (non-hydrogen) atoms. The molecule has 0 amide bonds. The molecular formula is C15H20BrNO2. The van der Waals surface area contributed by atoms with Crippen molar-refractivity contribution in [1.29, 1.82) is 0 Å². The van der Waals surface area contributed by atoms with Crippen molar-refractivity contribution in [2.24, 2.45) is 5.92 Å². The molecule has 4 heteroatoms. The van der Waals surface area contributed by atoms with Gasteiger partial charge in [-0.1, -0.05) is 15.9 Å². The number of piperidine rings is 1. The summed E-state index contributed by atoms with van der Waals surface area (Å²) in [7, 11) is 0. The first-order valence-corrected chi connectivity index (χ1v) is 7.55. The number of benzene rings is 1. The van der Waals surface area contributed by atoms with Crippen LogP contribution in [0.15, 0.2) is 28.7 Å². The minimum atomic E-state index is 0.224. The lowest BCUT2D eigenvalue weighted by molar-refractivity contribution is -0.122. The molecule has 1 aromatic rings. The lowest BCUT2D eigenvalue weighted by atomic mass is 9.95. The average Bonchev–Trinajstić information content (AvgIpc) is 2.41. The van der Waals surface area contributed by atoms with E-state index in [-0.39, 0.29) is 5.92 Å². The summed E-state index contributed by atoms with van der Waals surface area (Å²) >= 11 is 3.40. The summed E-state index contributed by atoms with van der Waals surface area (Å²) in [5.74, 6) is 1.43. The Kier molecular flexibility index (Phi) is 5.40. The highest BCUT2D eigenvalue weighted by atomic mass is 79.9. The largest absolute Gasteiger partial charge is 0.492 e. The van der Waals surface area contributed by atoms with E-state index >= 15 is 0 Å². The molecular weight excluding hydrogens is 306 g/mol. The number of ether oxygens (including phenoxy) is 1. The van der Waals surface area contributed by atoms with Gasteiger partial charge in [0.2, 0.25) is 0 Å². The zero-order chi connectivity index (χ0) is 13.7. The van der Waals surface area contributed by atoms with Gasteiger partial charge in [0, 0.05) is 23.5 Å². The summed E-state index contributed by atoms with van der Waals surface area (Å²) in [4.78, 5) is 13.7. The Morgan fingerprint density at radius 3 is 2.84 bits per heavy atom. The van der Waals surface area contributed by atoms with Gasteiger partial charge in [0.25, 0.3) is 0 Å². The van der Waals surface area contributed by atoms with Crippen molar-refractivity contribution in [2.45, 2.75) is 19.8 Å². The zero-order valence-corrected chi connectivity index (χ0v) is 12.9. The van der Waals surface area contributed by atoms with Gasteiger partial charge in [0.15, 0.2) is 0 Å². The van der Waals surface area contributed by atoms with E-state index < -0.39 is 0 Å². The smallest absolute Gasteiger partial charge is 0.134 e. The molecule has 0 aromatic heterocycles. The Bertz CT molecular complexity index is 419. The molecule has 1 unspecified atom stereocenters. The number of nitrogens with zero attached hydrogens (tertiary/aromatic N) is 1. The van der Waals surface area contributed by atoms with Crippen LogP contribution in [-0.2, 0) is 4.79 Å². The topological polar surface area (TPSA) is 29.5 Å². The third-order valence-electron chi connectivity index (χ3n) is 3.57. The molecule has 3 nitrogen and oxygen atoms in total. The molecule has 1 atom stereocenters. The van der Waals surface area contributed by atoms with Gasteiger partial charge in [-0.2, -0.15) is 0 Å². The molecule has 0 radical (unpaired) electrons. The average molecular weight is 326 g/mol. The first-order chi connectivity index (χ1) is 9.15. The van der Waals surface area contributed by atoms with E-state index in [1.165, 1.54) is 0 Å². The second-order valence-electron chi connectivity index (χ2n) is 5.05. The maximum Gasteiger partial charge on any atom is 0.134 e. The SMILES string of the molecule is CC(=O)C1CCCN(CCOc2ccc(Br)cc2)C1. The molecule has 0 aliphatic carbocycles. The molecule has 1 heterocycles. The highest BCUT2D eigenvalue weighted by molar-refractivity contribution is 9.10. The van der Waals surface area contributed by atoms with Crippen LogP contribution in [0.3, 0.4) is 0 Å². The summed E-state index contributed by atoms with van der Waals surface area (Å²) in [6.45, 7) is 5.23. The van der Waals surface area contributed by atoms with Crippen LogP contribution in [0.25, 0.3) is 0 Å². The number of carbonyl (C=O) groups is 1. The third kappa shape index (κ3) is 4.62. The number of rotatable bonds is 5. The van der Waals surface area contributed by atoms with Crippen molar-refractivity contribution in [3.05, 3.63) is 28.7 Å². The molecule has 0 saturated carbocycles. The minimum Gasteiger partial charge on any atom is -0.492 e. The van der Waals surface area contributed by atoms with Crippen molar-refractivity contribution in [1.82, 2.24) is 4.90 Å². The Hall–Kier alpha value is -0.870. The molecule has 104 valence electrons. The number of hydrogen-bond donors (Lipinski definition) is 0. The summed E-state index contributed by atoms with van der Waals surface area (Å²) in [5, 5.41) is 0. The Labute approximate surface area is 123 Å². The number of ketones is 1. The molecule has 0 spiro atoms. The summed E-state index contributed by atoms with van der Waals surface area (Å²) < 4.78 is 6.77. The quantitative estimate of drug-likeness (QED) is 0.833. The zero-order valence-electron chi connectivity index (χ0n) is 11.3. The second-order valence-corrected chi connectivity index (χ2v) is 5.97. The molecule has 1 aliphatic heterocycles. The number of likely N-dealkylation sites (tertiary alicyclic amines) is 1. The first kappa shape index (κ1) is 14.5. The molecule has 0 N–H and O–H groups in total. The monoisotopic (exact) mass is 325 g/mol. The molecule has 1 aliphatic rings. The van der Waals surface area contributed by atoms with E-state index in [4.69, 9.17) is 4.74 Å². The van der Waals surface area contributed by atoms with Gasteiger partial charge < -0.3 is 4.74 Å². The van der Waals surface area contributed by atoms with Crippen LogP contribution >= 0.6 is 15.9 Å². The lowest BCUT2D eigenvalue weighted by Crippen LogP contribution is -2.40. The third-order valence-corrected chi connectivity index (χ3v) is 4.10. The van der Waals surface area contributed by atoms with Crippen molar-refractivity contribution in [3.8, 4) is 5.75 Å². The maximum atomic E-state index is 11.4. The Morgan fingerprint density at radius 2 is 2.16 bits per heavy atom. The van der Waals surface area contributed by atoms with Crippen molar-refractivity contribution in [3.63, 3.8) is 0 Å². The predicted octanol–water partition coefficient (Wildman–Crippen LogP) is 3.13. The van der Waals surface area contributed by atoms with Crippen LogP contribution in [0.5, 0.6) is 5.75 Å². The lowest BCUT2D eigenvalue weighted by Gasteiger charge is -2.31. The van der Waals surface area contributed by atoms with Gasteiger partial charge in [-0.3, -0.25) is 9.69 Å². The number of carbonyl (C=O) groups excluding carboxylic acids is 1. The Morgan fingerprint density at radius 1 is 1.42 bits per heavy atom. The summed E-state index contributed by atoms with van der Waals surface area (Å²) in [5.41, 5.74) is 0. The van der Waals surface area contributed by atoms with E-state index in [1.54, 1.807) is 6.92 Å². The molecule has 1 fully saturated rings. The standard InChI is InChI=1S/C15H20BrNO2/c1-12(18)13-3-2-8-17(11-13)9-10-19-15-6-4-14(16)5-7-15/h4-7,13H,2-3,8-11H2,1H3. The molecule has 1 aromatic carbocycles. The van der Waals surface area contributed by atoms with Crippen LogP contribution < -0.4 is 4.74 Å². The van der Waals surface area contributed by atoms with Crippen molar-refractivity contribution < 1.29 is 9.53 Å². The van der Waals surface area contributed by atoms with Crippen LogP contribution in [0, 0.1) is 5.92 Å². The molecule has 0 bridgehead atoms. The van der Waals surface area contributed by atoms with E-state index in [0.717, 1.165) is 42.7 Å². The normalized spacial score (nSPS) is 20.2. The van der Waals surface area contributed by atoms with Gasteiger partial charge in [-0.05, 0) is 50.6 Å². The van der Waals surface area contributed by atoms with Crippen LogP contribution in [0.4, 0.5) is 0 Å². The van der Waals surface area contributed by atoms with Crippen LogP contribution in [0.2, 0.25) is 0 Å². The van der Waals surface area contributed by atoms with Crippen molar-refractivity contribution >= 4 is 21.7 Å². The number of Topliss-reactive ketones (excluding diaryl/α,β-unsaturated/α-hetero) is 1. The van der Waals surface area contributed by atoms with Gasteiger partial charge >= 0.3 is 0 Å². The minimum absolute atomic E-state index is 0.224. The highest BCUT2D eigenvalue weighted by Crippen LogP contribution is 2.18. The van der Waals surface area contributed by atoms with Gasteiger partial charge in [0.05, 0.1) is 0 Å². The van der Waals surface area contributed by atoms with Gasteiger partial charge in [0.1, 0.15) is 18.1 Å². The van der Waals surface area contributed by atoms with Crippen LogP contribution in [-0.4, -0.2) is 36.9 Å². The fourth-order valence-corrected chi connectivity index (χ4v) is 2.68. The van der Waals surface area contributed by atoms with Gasteiger partial charge in [-0.25, -0.2) is 0 Å². The second kappa shape index (κ2) is 7.06. The summed E-state index contributed by atoms with van der Waals surface area (Å²) in [6.07, 6.45) is 2.15. The fraction of sp³-hybridized carbons (Fsp3) is 0.533. The van der Waals surface area contributed by atoms with Crippen molar-refractivity contribution in [2.75, 3.05) is 26.2 Å². The summed E-state index contributed by atoms with van der Waals surface area (Å²) in [6, 6.07) is 7.86. The highest BCUT2D eigenvalue weighted by Gasteiger charge is 2.22. The van der Waals surface area contributed by atoms with E-state index in [0.29, 0.717) is 12.4 Å².